The average molecular weight is 182 g/mol. The Bertz CT molecular complexity index is 563. The molecule has 0 saturated heterocycles. The zero-order valence-corrected chi connectivity index (χ0v) is 7.95. The normalized spacial score (nSPS) is 11.2. The first-order valence-corrected chi connectivity index (χ1v) is 4.72. The van der Waals surface area contributed by atoms with Crippen LogP contribution in [-0.4, -0.2) is 0 Å². The second-order valence-corrected chi connectivity index (χ2v) is 3.57. The Hall–Kier alpha value is -1.76. The third kappa shape index (κ3) is 0.956. The molecule has 0 radical (unpaired) electrons. The summed E-state index contributed by atoms with van der Waals surface area (Å²) in [6.07, 6.45) is 0. The molecule has 0 saturated carbocycles. The van der Waals surface area contributed by atoms with Crippen molar-refractivity contribution in [3.05, 3.63) is 48.0 Å². The number of benzene rings is 2. The molecular weight excluding hydrogens is 172 g/mol. The van der Waals surface area contributed by atoms with E-state index in [4.69, 9.17) is 4.42 Å². The highest BCUT2D eigenvalue weighted by Gasteiger charge is 2.09. The van der Waals surface area contributed by atoms with E-state index >= 15 is 0 Å². The minimum absolute atomic E-state index is 0.957. The molecule has 2 heterocycles. The van der Waals surface area contributed by atoms with E-state index in [1.807, 2.05) is 12.1 Å². The summed E-state index contributed by atoms with van der Waals surface area (Å²) in [5.41, 5.74) is 5.70. The molecule has 0 aliphatic rings. The van der Waals surface area contributed by atoms with Crippen molar-refractivity contribution in [2.75, 3.05) is 0 Å². The molecule has 0 aliphatic heterocycles. The highest BCUT2D eigenvalue weighted by atomic mass is 16.3. The zero-order chi connectivity index (χ0) is 9.54. The topological polar surface area (TPSA) is 13.1 Å². The van der Waals surface area contributed by atoms with Crippen LogP contribution >= 0.6 is 0 Å². The van der Waals surface area contributed by atoms with Gasteiger partial charge in [0.2, 0.25) is 0 Å². The van der Waals surface area contributed by atoms with Crippen LogP contribution in [0.1, 0.15) is 5.56 Å². The van der Waals surface area contributed by atoms with Crippen molar-refractivity contribution in [1.29, 1.82) is 0 Å². The summed E-state index contributed by atoms with van der Waals surface area (Å²) in [6.45, 7) is 2.12. The lowest BCUT2D eigenvalue weighted by atomic mass is 10.0. The average Bonchev–Trinajstić information content (AvgIpc) is 2.79. The second-order valence-electron chi connectivity index (χ2n) is 3.57. The van der Waals surface area contributed by atoms with Gasteiger partial charge in [-0.25, -0.2) is 0 Å². The highest BCUT2D eigenvalue weighted by Crippen LogP contribution is 2.32. The van der Waals surface area contributed by atoms with Gasteiger partial charge < -0.3 is 4.42 Å². The van der Waals surface area contributed by atoms with Crippen molar-refractivity contribution in [3.63, 3.8) is 0 Å². The molecule has 68 valence electrons. The Kier molecular flexibility index (Phi) is 1.42. The Balaban J connectivity index is 2.28. The molecule has 0 spiro atoms. The van der Waals surface area contributed by atoms with Crippen LogP contribution in [0.15, 0.2) is 46.9 Å². The molecular formula is C13H10O. The summed E-state index contributed by atoms with van der Waals surface area (Å²) in [4.78, 5) is 0. The highest BCUT2D eigenvalue weighted by molar-refractivity contribution is 5.86. The van der Waals surface area contributed by atoms with E-state index in [1.54, 1.807) is 0 Å². The summed E-state index contributed by atoms with van der Waals surface area (Å²) in [5, 5.41) is 0. The van der Waals surface area contributed by atoms with E-state index in [9.17, 15) is 0 Å². The molecule has 1 heteroatoms. The number of fused-ring (bicyclic) bond motifs is 2. The smallest absolute Gasteiger partial charge is 0.135 e. The van der Waals surface area contributed by atoms with E-state index in [0.29, 0.717) is 0 Å². The summed E-state index contributed by atoms with van der Waals surface area (Å²) in [7, 11) is 0. The molecule has 0 amide bonds. The molecule has 0 aliphatic carbocycles. The number of rotatable bonds is 1. The van der Waals surface area contributed by atoms with Crippen LogP contribution < -0.4 is 0 Å². The van der Waals surface area contributed by atoms with Gasteiger partial charge in [-0.15, -0.1) is 0 Å². The Labute approximate surface area is 82.3 Å². The third-order valence-electron chi connectivity index (χ3n) is 2.61. The molecule has 2 bridgehead atoms. The van der Waals surface area contributed by atoms with Crippen LogP contribution in [-0.2, 0) is 0 Å². The summed E-state index contributed by atoms with van der Waals surface area (Å²) in [5.74, 6) is 0. The zero-order valence-electron chi connectivity index (χ0n) is 7.95. The predicted octanol–water partition coefficient (Wildman–Crippen LogP) is 3.85. The maximum absolute atomic E-state index is 5.52. The lowest BCUT2D eigenvalue weighted by molar-refractivity contribution is 0.676. The fraction of sp³-hybridized carbons (Fsp3) is 0.0769. The second kappa shape index (κ2) is 2.61. The number of hydrogen-bond donors (Lipinski definition) is 0. The van der Waals surface area contributed by atoms with Gasteiger partial charge in [-0.2, -0.15) is 0 Å². The van der Waals surface area contributed by atoms with Gasteiger partial charge in [0.25, 0.3) is 0 Å². The predicted molar refractivity (Wildman–Crippen MR) is 57.6 cm³/mol. The van der Waals surface area contributed by atoms with Gasteiger partial charge >= 0.3 is 0 Å². The fourth-order valence-electron chi connectivity index (χ4n) is 1.87. The first-order valence-electron chi connectivity index (χ1n) is 4.72. The lowest BCUT2D eigenvalue weighted by Crippen LogP contribution is -1.80. The molecule has 0 N–H and O–H groups in total. The molecule has 1 aromatic carbocycles. The van der Waals surface area contributed by atoms with E-state index in [-0.39, 0.29) is 0 Å². The van der Waals surface area contributed by atoms with Gasteiger partial charge in [-0.3, -0.25) is 0 Å². The van der Waals surface area contributed by atoms with Gasteiger partial charge in [0.1, 0.15) is 11.2 Å². The largest absolute Gasteiger partial charge is 0.457 e. The van der Waals surface area contributed by atoms with E-state index in [0.717, 1.165) is 11.2 Å². The quantitative estimate of drug-likeness (QED) is 0.557. The van der Waals surface area contributed by atoms with Crippen molar-refractivity contribution in [2.45, 2.75) is 6.92 Å². The minimum Gasteiger partial charge on any atom is -0.457 e. The molecule has 0 fully saturated rings. The van der Waals surface area contributed by atoms with Gasteiger partial charge in [0, 0.05) is 5.56 Å². The summed E-state index contributed by atoms with van der Waals surface area (Å²) in [6, 6.07) is 14.5. The number of furan rings is 2. The minimum atomic E-state index is 0.957. The number of aryl methyl sites for hydroxylation is 1. The van der Waals surface area contributed by atoms with Gasteiger partial charge in [-0.1, -0.05) is 24.3 Å². The van der Waals surface area contributed by atoms with Gasteiger partial charge in [0.15, 0.2) is 0 Å². The summed E-state index contributed by atoms with van der Waals surface area (Å²) < 4.78 is 5.52. The Morgan fingerprint density at radius 3 is 2.43 bits per heavy atom. The lowest BCUT2D eigenvalue weighted by Gasteiger charge is -2.02. The van der Waals surface area contributed by atoms with Crippen LogP contribution in [0.25, 0.3) is 22.3 Å². The van der Waals surface area contributed by atoms with Crippen molar-refractivity contribution in [3.8, 4) is 11.1 Å². The molecule has 0 atom stereocenters. The maximum Gasteiger partial charge on any atom is 0.135 e. The van der Waals surface area contributed by atoms with E-state index in [1.165, 1.54) is 16.7 Å². The van der Waals surface area contributed by atoms with Crippen LogP contribution in [0.2, 0.25) is 0 Å². The van der Waals surface area contributed by atoms with Crippen molar-refractivity contribution >= 4 is 11.2 Å². The first kappa shape index (κ1) is 7.63. The fourth-order valence-corrected chi connectivity index (χ4v) is 1.87. The van der Waals surface area contributed by atoms with Gasteiger partial charge in [0.05, 0.1) is 0 Å². The van der Waals surface area contributed by atoms with Crippen molar-refractivity contribution in [1.82, 2.24) is 0 Å². The van der Waals surface area contributed by atoms with Crippen LogP contribution in [0.4, 0.5) is 0 Å². The van der Waals surface area contributed by atoms with Crippen molar-refractivity contribution in [2.24, 2.45) is 0 Å². The van der Waals surface area contributed by atoms with Crippen molar-refractivity contribution < 1.29 is 4.42 Å². The Morgan fingerprint density at radius 2 is 1.79 bits per heavy atom. The summed E-state index contributed by atoms with van der Waals surface area (Å²) >= 11 is 0. The van der Waals surface area contributed by atoms with Crippen LogP contribution in [0.3, 0.4) is 0 Å². The van der Waals surface area contributed by atoms with Crippen LogP contribution in [0, 0.1) is 6.92 Å². The van der Waals surface area contributed by atoms with E-state index in [2.05, 4.69) is 37.3 Å². The standard InChI is InChI=1S/C13H10O/c1-9-4-2-3-5-11(9)12-8-10-6-7-13(12)14-10/h2-8H,1H3. The third-order valence-corrected chi connectivity index (χ3v) is 2.61. The molecule has 14 heavy (non-hydrogen) atoms. The van der Waals surface area contributed by atoms with E-state index < -0.39 is 0 Å². The molecule has 1 nitrogen and oxygen atoms in total. The Morgan fingerprint density at radius 1 is 0.929 bits per heavy atom. The SMILES string of the molecule is Cc1ccccc1-c1cc2ccc1o2. The number of hydrogen-bond acceptors (Lipinski definition) is 1. The first-order chi connectivity index (χ1) is 6.84. The van der Waals surface area contributed by atoms with Gasteiger partial charge in [-0.05, 0) is 36.2 Å². The maximum atomic E-state index is 5.52. The monoisotopic (exact) mass is 182 g/mol. The molecule has 3 rings (SSSR count). The molecule has 2 aromatic heterocycles. The molecule has 3 aromatic rings. The van der Waals surface area contributed by atoms with Crippen LogP contribution in [0.5, 0.6) is 0 Å². The molecule has 0 unspecified atom stereocenters.